The number of benzene rings is 1. The lowest BCUT2D eigenvalue weighted by molar-refractivity contribution is 0.0920. The fourth-order valence-electron chi connectivity index (χ4n) is 2.27. The van der Waals surface area contributed by atoms with Crippen LogP contribution in [-0.2, 0) is 13.2 Å². The van der Waals surface area contributed by atoms with Crippen molar-refractivity contribution in [2.24, 2.45) is 0 Å². The minimum absolute atomic E-state index is 0.00239. The molecule has 82 valence electrons. The standard InChI is InChI=1S/C12H12N2O2/c15-7-9-2-1-8-5-13-6-11(16)14-4-3-10(9)12(8)14/h1-4,13,15H,5-7H2. The molecule has 1 aliphatic rings. The van der Waals surface area contributed by atoms with Gasteiger partial charge in [-0.05, 0) is 17.2 Å². The van der Waals surface area contributed by atoms with Crippen molar-refractivity contribution in [3.63, 3.8) is 0 Å². The van der Waals surface area contributed by atoms with Crippen molar-refractivity contribution in [2.75, 3.05) is 6.54 Å². The molecule has 4 heteroatoms. The topological polar surface area (TPSA) is 54.3 Å². The number of nitrogens with zero attached hydrogens (tertiary/aromatic N) is 1. The van der Waals surface area contributed by atoms with Gasteiger partial charge in [-0.3, -0.25) is 9.36 Å². The van der Waals surface area contributed by atoms with Crippen LogP contribution in [0.25, 0.3) is 10.9 Å². The largest absolute Gasteiger partial charge is 0.392 e. The number of aliphatic hydroxyl groups excluding tert-OH is 1. The molecule has 0 aliphatic carbocycles. The summed E-state index contributed by atoms with van der Waals surface area (Å²) in [6, 6.07) is 5.78. The van der Waals surface area contributed by atoms with Gasteiger partial charge in [-0.25, -0.2) is 0 Å². The van der Waals surface area contributed by atoms with Crippen LogP contribution in [0.2, 0.25) is 0 Å². The maximum Gasteiger partial charge on any atom is 0.245 e. The van der Waals surface area contributed by atoms with Gasteiger partial charge in [0.15, 0.2) is 0 Å². The molecule has 0 spiro atoms. The Morgan fingerprint density at radius 1 is 1.31 bits per heavy atom. The lowest BCUT2D eigenvalue weighted by Crippen LogP contribution is -2.23. The van der Waals surface area contributed by atoms with Crippen LogP contribution in [0.15, 0.2) is 24.4 Å². The molecule has 1 aromatic carbocycles. The van der Waals surface area contributed by atoms with Gasteiger partial charge in [-0.1, -0.05) is 12.1 Å². The van der Waals surface area contributed by atoms with Crippen LogP contribution >= 0.6 is 0 Å². The molecular weight excluding hydrogens is 204 g/mol. The summed E-state index contributed by atoms with van der Waals surface area (Å²) in [7, 11) is 0. The second-order valence-electron chi connectivity index (χ2n) is 3.99. The number of hydrogen-bond donors (Lipinski definition) is 2. The average Bonchev–Trinajstić information content (AvgIpc) is 2.67. The number of rotatable bonds is 1. The molecule has 0 radical (unpaired) electrons. The molecule has 2 heterocycles. The molecule has 1 aliphatic heterocycles. The molecule has 0 unspecified atom stereocenters. The van der Waals surface area contributed by atoms with E-state index in [1.165, 1.54) is 0 Å². The number of aliphatic hydroxyl groups is 1. The molecule has 3 rings (SSSR count). The third-order valence-corrected chi connectivity index (χ3v) is 3.05. The van der Waals surface area contributed by atoms with Gasteiger partial charge in [0.25, 0.3) is 0 Å². The smallest absolute Gasteiger partial charge is 0.245 e. The van der Waals surface area contributed by atoms with Gasteiger partial charge in [0.05, 0.1) is 18.7 Å². The van der Waals surface area contributed by atoms with Gasteiger partial charge >= 0.3 is 0 Å². The lowest BCUT2D eigenvalue weighted by atomic mass is 10.1. The summed E-state index contributed by atoms with van der Waals surface area (Å²) in [5.41, 5.74) is 2.90. The molecule has 0 fully saturated rings. The van der Waals surface area contributed by atoms with E-state index in [0.29, 0.717) is 13.1 Å². The van der Waals surface area contributed by atoms with Crippen molar-refractivity contribution < 1.29 is 9.90 Å². The Morgan fingerprint density at radius 2 is 2.19 bits per heavy atom. The summed E-state index contributed by atoms with van der Waals surface area (Å²) in [4.78, 5) is 11.8. The predicted octanol–water partition coefficient (Wildman–Crippen LogP) is 0.877. The van der Waals surface area contributed by atoms with Crippen molar-refractivity contribution in [3.8, 4) is 0 Å². The normalized spacial score (nSPS) is 15.4. The van der Waals surface area contributed by atoms with Crippen LogP contribution in [0.4, 0.5) is 0 Å². The first-order valence-corrected chi connectivity index (χ1v) is 5.28. The van der Waals surface area contributed by atoms with Crippen molar-refractivity contribution in [3.05, 3.63) is 35.5 Å². The monoisotopic (exact) mass is 216 g/mol. The molecule has 0 bridgehead atoms. The molecule has 2 aromatic rings. The van der Waals surface area contributed by atoms with E-state index in [9.17, 15) is 9.90 Å². The Balaban J connectivity index is 2.39. The van der Waals surface area contributed by atoms with Gasteiger partial charge < -0.3 is 10.4 Å². The van der Waals surface area contributed by atoms with Gasteiger partial charge in [0.1, 0.15) is 0 Å². The van der Waals surface area contributed by atoms with Crippen LogP contribution < -0.4 is 5.32 Å². The summed E-state index contributed by atoms with van der Waals surface area (Å²) < 4.78 is 1.67. The molecule has 0 saturated heterocycles. The molecule has 4 nitrogen and oxygen atoms in total. The van der Waals surface area contributed by atoms with Crippen molar-refractivity contribution in [2.45, 2.75) is 13.2 Å². The number of carbonyl (C=O) groups excluding carboxylic acids is 1. The molecule has 0 amide bonds. The molecule has 2 N–H and O–H groups in total. The molecule has 0 atom stereocenters. The zero-order valence-electron chi connectivity index (χ0n) is 8.73. The SMILES string of the molecule is O=C1CNCc2ccc(CO)c3ccn1c23. The van der Waals surface area contributed by atoms with Crippen molar-refractivity contribution in [1.82, 2.24) is 9.88 Å². The van der Waals surface area contributed by atoms with Gasteiger partial charge in [0.2, 0.25) is 5.91 Å². The number of nitrogens with one attached hydrogen (secondary N) is 1. The van der Waals surface area contributed by atoms with Gasteiger partial charge in [-0.2, -0.15) is 0 Å². The summed E-state index contributed by atoms with van der Waals surface area (Å²) in [5.74, 6) is 0.0452. The highest BCUT2D eigenvalue weighted by Gasteiger charge is 2.17. The van der Waals surface area contributed by atoms with Gasteiger partial charge in [-0.15, -0.1) is 0 Å². The van der Waals surface area contributed by atoms with E-state index in [4.69, 9.17) is 0 Å². The molecule has 1 aromatic heterocycles. The van der Waals surface area contributed by atoms with E-state index >= 15 is 0 Å². The van der Waals surface area contributed by atoms with Crippen LogP contribution in [0.1, 0.15) is 15.9 Å². The van der Waals surface area contributed by atoms with Crippen LogP contribution in [0.5, 0.6) is 0 Å². The highest BCUT2D eigenvalue weighted by atomic mass is 16.3. The molecular formula is C12H12N2O2. The number of hydrogen-bond acceptors (Lipinski definition) is 3. The quantitative estimate of drug-likeness (QED) is 0.744. The highest BCUT2D eigenvalue weighted by molar-refractivity contribution is 5.97. The Bertz CT molecular complexity index is 572. The average molecular weight is 216 g/mol. The Labute approximate surface area is 92.5 Å². The van der Waals surface area contributed by atoms with Gasteiger partial charge in [0, 0.05) is 18.1 Å². The Hall–Kier alpha value is -1.65. The lowest BCUT2D eigenvalue weighted by Gasteiger charge is -2.05. The second-order valence-corrected chi connectivity index (χ2v) is 3.99. The van der Waals surface area contributed by atoms with E-state index in [1.54, 1.807) is 10.8 Å². The maximum absolute atomic E-state index is 11.8. The third kappa shape index (κ3) is 1.20. The fourth-order valence-corrected chi connectivity index (χ4v) is 2.27. The number of aromatic nitrogens is 1. The second kappa shape index (κ2) is 3.43. The van der Waals surface area contributed by atoms with E-state index < -0.39 is 0 Å². The fraction of sp³-hybridized carbons (Fsp3) is 0.250. The first-order chi connectivity index (χ1) is 7.81. The van der Waals surface area contributed by atoms with Crippen LogP contribution in [0, 0.1) is 0 Å². The minimum atomic E-state index is 0.00239. The first kappa shape index (κ1) is 9.57. The summed E-state index contributed by atoms with van der Waals surface area (Å²) in [6.07, 6.45) is 1.78. The Kier molecular flexibility index (Phi) is 2.05. The van der Waals surface area contributed by atoms with Crippen LogP contribution in [0.3, 0.4) is 0 Å². The van der Waals surface area contributed by atoms with Crippen LogP contribution in [-0.4, -0.2) is 22.1 Å². The van der Waals surface area contributed by atoms with E-state index in [-0.39, 0.29) is 12.5 Å². The highest BCUT2D eigenvalue weighted by Crippen LogP contribution is 2.25. The summed E-state index contributed by atoms with van der Waals surface area (Å²) in [5, 5.41) is 13.3. The predicted molar refractivity (Wildman–Crippen MR) is 60.2 cm³/mol. The summed E-state index contributed by atoms with van der Waals surface area (Å²) in [6.45, 7) is 1.05. The maximum atomic E-state index is 11.8. The van der Waals surface area contributed by atoms with E-state index in [1.807, 2.05) is 18.2 Å². The van der Waals surface area contributed by atoms with E-state index in [0.717, 1.165) is 22.0 Å². The minimum Gasteiger partial charge on any atom is -0.392 e. The zero-order chi connectivity index (χ0) is 11.1. The van der Waals surface area contributed by atoms with Crippen molar-refractivity contribution in [1.29, 1.82) is 0 Å². The molecule has 0 saturated carbocycles. The summed E-state index contributed by atoms with van der Waals surface area (Å²) >= 11 is 0. The number of carbonyl (C=O) groups is 1. The van der Waals surface area contributed by atoms with Crippen molar-refractivity contribution >= 4 is 16.8 Å². The third-order valence-electron chi connectivity index (χ3n) is 3.05. The zero-order valence-corrected chi connectivity index (χ0v) is 8.73. The van der Waals surface area contributed by atoms with E-state index in [2.05, 4.69) is 5.32 Å². The Morgan fingerprint density at radius 3 is 3.00 bits per heavy atom. The molecule has 16 heavy (non-hydrogen) atoms. The first-order valence-electron chi connectivity index (χ1n) is 5.28.